The fourth-order valence-corrected chi connectivity index (χ4v) is 4.92. The molecule has 2 aromatic heterocycles. The van der Waals surface area contributed by atoms with E-state index in [0.29, 0.717) is 19.8 Å². The van der Waals surface area contributed by atoms with Crippen molar-refractivity contribution in [3.63, 3.8) is 0 Å². The number of hydrogen-bond acceptors (Lipinski definition) is 6. The van der Waals surface area contributed by atoms with Crippen LogP contribution in [-0.4, -0.2) is 56.3 Å². The second-order valence-electron chi connectivity index (χ2n) is 9.61. The Balaban J connectivity index is 1.30. The van der Waals surface area contributed by atoms with E-state index in [1.165, 1.54) is 0 Å². The summed E-state index contributed by atoms with van der Waals surface area (Å²) in [4.78, 5) is 24.6. The third-order valence-corrected chi connectivity index (χ3v) is 6.91. The number of rotatable bonds is 6. The number of carbonyl (C=O) groups is 1. The Labute approximate surface area is 199 Å². The highest BCUT2D eigenvalue weighted by atomic mass is 16.6. The third-order valence-electron chi connectivity index (χ3n) is 6.91. The van der Waals surface area contributed by atoms with Crippen LogP contribution in [0.15, 0.2) is 36.9 Å². The molecule has 5 rings (SSSR count). The molecule has 2 aliphatic rings. The molecule has 0 radical (unpaired) electrons. The molecule has 1 N–H and O–H groups in total. The van der Waals surface area contributed by atoms with Crippen LogP contribution in [0.5, 0.6) is 11.5 Å². The maximum Gasteiger partial charge on any atom is 0.242 e. The highest BCUT2D eigenvalue weighted by molar-refractivity contribution is 5.86. The number of carbonyl (C=O) groups excluding carboxylic acids is 1. The zero-order valence-corrected chi connectivity index (χ0v) is 20.2. The van der Waals surface area contributed by atoms with Gasteiger partial charge in [0, 0.05) is 31.5 Å². The first kappa shape index (κ1) is 22.3. The minimum Gasteiger partial charge on any atom is -0.486 e. The van der Waals surface area contributed by atoms with E-state index in [4.69, 9.17) is 14.5 Å². The first-order valence-electron chi connectivity index (χ1n) is 11.8. The molecular formula is C25H32N6O3. The van der Waals surface area contributed by atoms with Gasteiger partial charge in [0.25, 0.3) is 0 Å². The van der Waals surface area contributed by atoms with Crippen molar-refractivity contribution in [3.05, 3.63) is 48.2 Å². The lowest BCUT2D eigenvalue weighted by Crippen LogP contribution is -2.50. The SMILES string of the molecule is Cc1c(N2C(C(=O)NCCc3ccc4c(c3)OCCO4)CCC2(C)C)nc(-n2ccnc2)n1C. The van der Waals surface area contributed by atoms with Crippen LogP contribution in [0, 0.1) is 6.92 Å². The molecule has 1 amide bonds. The molecule has 0 saturated carbocycles. The van der Waals surface area contributed by atoms with Gasteiger partial charge in [0.05, 0.1) is 5.69 Å². The van der Waals surface area contributed by atoms with Crippen LogP contribution in [0.1, 0.15) is 37.9 Å². The van der Waals surface area contributed by atoms with E-state index in [0.717, 1.165) is 53.8 Å². The molecule has 3 aromatic rings. The van der Waals surface area contributed by atoms with Crippen molar-refractivity contribution in [1.29, 1.82) is 0 Å². The predicted molar refractivity (Wildman–Crippen MR) is 129 cm³/mol. The maximum absolute atomic E-state index is 13.3. The Kier molecular flexibility index (Phi) is 5.71. The van der Waals surface area contributed by atoms with Gasteiger partial charge in [-0.1, -0.05) is 6.07 Å². The van der Waals surface area contributed by atoms with Gasteiger partial charge in [-0.2, -0.15) is 4.98 Å². The van der Waals surface area contributed by atoms with Crippen LogP contribution in [0.4, 0.5) is 5.82 Å². The Bertz CT molecular complexity index is 1180. The van der Waals surface area contributed by atoms with Crippen LogP contribution in [0.2, 0.25) is 0 Å². The summed E-state index contributed by atoms with van der Waals surface area (Å²) in [5, 5.41) is 3.16. The third kappa shape index (κ3) is 3.99. The standard InChI is InChI=1S/C25H32N6O3/c1-17-22(28-24(29(17)4)30-12-11-26-16-30)31-19(7-9-25(31,2)3)23(32)27-10-8-18-5-6-20-21(15-18)34-14-13-33-20/h5-6,11-12,15-16,19H,7-10,13-14H2,1-4H3,(H,27,32). The van der Waals surface area contributed by atoms with Gasteiger partial charge in [0.2, 0.25) is 11.9 Å². The van der Waals surface area contributed by atoms with Crippen LogP contribution >= 0.6 is 0 Å². The van der Waals surface area contributed by atoms with Crippen molar-refractivity contribution in [3.8, 4) is 17.4 Å². The molecule has 1 aromatic carbocycles. The number of nitrogens with zero attached hydrogens (tertiary/aromatic N) is 5. The topological polar surface area (TPSA) is 86.4 Å². The van der Waals surface area contributed by atoms with Gasteiger partial charge in [-0.15, -0.1) is 0 Å². The van der Waals surface area contributed by atoms with Crippen molar-refractivity contribution in [2.75, 3.05) is 24.7 Å². The Morgan fingerprint density at radius 3 is 2.79 bits per heavy atom. The van der Waals surface area contributed by atoms with Crippen molar-refractivity contribution in [2.45, 2.75) is 51.6 Å². The van der Waals surface area contributed by atoms with Crippen LogP contribution < -0.4 is 19.7 Å². The van der Waals surface area contributed by atoms with Gasteiger partial charge in [0.15, 0.2) is 17.3 Å². The molecule has 180 valence electrons. The summed E-state index contributed by atoms with van der Waals surface area (Å²) in [5.74, 6) is 3.23. The van der Waals surface area contributed by atoms with E-state index in [9.17, 15) is 4.79 Å². The summed E-state index contributed by atoms with van der Waals surface area (Å²) in [6.07, 6.45) is 7.79. The average Bonchev–Trinajstić information content (AvgIpc) is 3.53. The molecule has 9 heteroatoms. The monoisotopic (exact) mass is 464 g/mol. The molecule has 4 heterocycles. The van der Waals surface area contributed by atoms with Crippen molar-refractivity contribution in [2.24, 2.45) is 7.05 Å². The molecule has 34 heavy (non-hydrogen) atoms. The molecule has 1 fully saturated rings. The molecule has 0 aliphatic carbocycles. The van der Waals surface area contributed by atoms with Gasteiger partial charge in [-0.05, 0) is 57.7 Å². The largest absolute Gasteiger partial charge is 0.486 e. The zero-order chi connectivity index (χ0) is 23.9. The first-order chi connectivity index (χ1) is 16.3. The van der Waals surface area contributed by atoms with Gasteiger partial charge in [0.1, 0.15) is 25.6 Å². The number of nitrogens with one attached hydrogen (secondary N) is 1. The van der Waals surface area contributed by atoms with E-state index < -0.39 is 0 Å². The number of imidazole rings is 2. The van der Waals surface area contributed by atoms with E-state index >= 15 is 0 Å². The fourth-order valence-electron chi connectivity index (χ4n) is 4.92. The number of amides is 1. The lowest BCUT2D eigenvalue weighted by molar-refractivity contribution is -0.122. The summed E-state index contributed by atoms with van der Waals surface area (Å²) in [6.45, 7) is 8.12. The highest BCUT2D eigenvalue weighted by Gasteiger charge is 2.45. The number of anilines is 1. The number of aromatic nitrogens is 4. The van der Waals surface area contributed by atoms with Crippen LogP contribution in [-0.2, 0) is 18.3 Å². The number of benzene rings is 1. The van der Waals surface area contributed by atoms with Crippen molar-refractivity contribution < 1.29 is 14.3 Å². The Morgan fingerprint density at radius 1 is 1.24 bits per heavy atom. The maximum atomic E-state index is 13.3. The van der Waals surface area contributed by atoms with E-state index in [2.05, 4.69) is 29.0 Å². The van der Waals surface area contributed by atoms with Crippen LogP contribution in [0.3, 0.4) is 0 Å². The van der Waals surface area contributed by atoms with E-state index in [-0.39, 0.29) is 17.5 Å². The summed E-state index contributed by atoms with van der Waals surface area (Å²) >= 11 is 0. The summed E-state index contributed by atoms with van der Waals surface area (Å²) in [5.41, 5.74) is 1.95. The summed E-state index contributed by atoms with van der Waals surface area (Å²) in [7, 11) is 1.99. The number of fused-ring (bicyclic) bond motifs is 1. The van der Waals surface area contributed by atoms with Gasteiger partial charge >= 0.3 is 0 Å². The highest BCUT2D eigenvalue weighted by Crippen LogP contribution is 2.39. The Hall–Kier alpha value is -3.49. The van der Waals surface area contributed by atoms with Gasteiger partial charge < -0.3 is 24.3 Å². The smallest absolute Gasteiger partial charge is 0.242 e. The van der Waals surface area contributed by atoms with Crippen molar-refractivity contribution >= 4 is 11.7 Å². The minimum atomic E-state index is -0.264. The second kappa shape index (κ2) is 8.70. The lowest BCUT2D eigenvalue weighted by atomic mass is 10.0. The number of hydrogen-bond donors (Lipinski definition) is 1. The predicted octanol–water partition coefficient (Wildman–Crippen LogP) is 2.79. The normalized spacial score (nSPS) is 18.8. The van der Waals surface area contributed by atoms with E-state index in [1.807, 2.05) is 47.5 Å². The van der Waals surface area contributed by atoms with Crippen molar-refractivity contribution in [1.82, 2.24) is 24.4 Å². The lowest BCUT2D eigenvalue weighted by Gasteiger charge is -2.36. The second-order valence-corrected chi connectivity index (χ2v) is 9.61. The van der Waals surface area contributed by atoms with Gasteiger partial charge in [-0.3, -0.25) is 9.36 Å². The van der Waals surface area contributed by atoms with Gasteiger partial charge in [-0.25, -0.2) is 4.98 Å². The summed E-state index contributed by atoms with van der Waals surface area (Å²) < 4.78 is 15.2. The minimum absolute atomic E-state index is 0.0392. The molecule has 9 nitrogen and oxygen atoms in total. The quantitative estimate of drug-likeness (QED) is 0.604. The molecule has 1 atom stereocenters. The zero-order valence-electron chi connectivity index (χ0n) is 20.2. The molecule has 1 unspecified atom stereocenters. The van der Waals surface area contributed by atoms with E-state index in [1.54, 1.807) is 12.5 Å². The van der Waals surface area contributed by atoms with Crippen LogP contribution in [0.25, 0.3) is 5.95 Å². The Morgan fingerprint density at radius 2 is 2.03 bits per heavy atom. The fraction of sp³-hybridized carbons (Fsp3) is 0.480. The number of ether oxygens (including phenoxy) is 2. The molecule has 0 bridgehead atoms. The summed E-state index contributed by atoms with van der Waals surface area (Å²) in [6, 6.07) is 5.70. The molecule has 1 saturated heterocycles. The molecular weight excluding hydrogens is 432 g/mol. The average molecular weight is 465 g/mol. The first-order valence-corrected chi connectivity index (χ1v) is 11.8. The molecule has 2 aliphatic heterocycles. The molecule has 0 spiro atoms.